The lowest BCUT2D eigenvalue weighted by Crippen LogP contribution is -2.12. The van der Waals surface area contributed by atoms with E-state index in [2.05, 4.69) is 29.8 Å². The predicted molar refractivity (Wildman–Crippen MR) is 106 cm³/mol. The summed E-state index contributed by atoms with van der Waals surface area (Å²) >= 11 is 0. The van der Waals surface area contributed by atoms with E-state index in [0.717, 1.165) is 35.3 Å². The average molecular weight is 370 g/mol. The molecule has 1 amide bonds. The fraction of sp³-hybridized carbons (Fsp3) is 0.190. The molecular formula is C21H18N6O. The van der Waals surface area contributed by atoms with Gasteiger partial charge in [0.15, 0.2) is 5.65 Å². The largest absolute Gasteiger partial charge is 0.322 e. The first-order valence-electron chi connectivity index (χ1n) is 9.21. The second-order valence-electron chi connectivity index (χ2n) is 6.97. The number of amides is 1. The maximum absolute atomic E-state index is 12.7. The molecule has 0 unspecified atom stereocenters. The van der Waals surface area contributed by atoms with Crippen molar-refractivity contribution in [2.75, 3.05) is 5.32 Å². The number of carbonyl (C=O) groups is 1. The van der Waals surface area contributed by atoms with Gasteiger partial charge in [-0.1, -0.05) is 12.1 Å². The quantitative estimate of drug-likeness (QED) is 0.591. The molecule has 0 saturated heterocycles. The molecule has 1 N–H and O–H groups in total. The number of anilines is 1. The number of aromatic nitrogens is 5. The second kappa shape index (κ2) is 6.53. The van der Waals surface area contributed by atoms with Crippen molar-refractivity contribution in [2.24, 2.45) is 0 Å². The smallest absolute Gasteiger partial charge is 0.257 e. The molecule has 4 aromatic rings. The minimum Gasteiger partial charge on any atom is -0.322 e. The van der Waals surface area contributed by atoms with Crippen LogP contribution >= 0.6 is 0 Å². The van der Waals surface area contributed by atoms with Crippen LogP contribution in [0.4, 0.5) is 5.69 Å². The lowest BCUT2D eigenvalue weighted by atomic mass is 10.1. The van der Waals surface area contributed by atoms with Crippen molar-refractivity contribution in [3.05, 3.63) is 66.5 Å². The summed E-state index contributed by atoms with van der Waals surface area (Å²) in [7, 11) is 0. The van der Waals surface area contributed by atoms with Gasteiger partial charge in [0.05, 0.1) is 17.6 Å². The topological polar surface area (TPSA) is 85.6 Å². The molecule has 1 saturated carbocycles. The third-order valence-electron chi connectivity index (χ3n) is 4.81. The molecule has 5 rings (SSSR count). The summed E-state index contributed by atoms with van der Waals surface area (Å²) in [6.07, 6.45) is 7.47. The number of fused-ring (bicyclic) bond motifs is 1. The van der Waals surface area contributed by atoms with Crippen LogP contribution in [0.1, 0.15) is 35.1 Å². The van der Waals surface area contributed by atoms with E-state index in [4.69, 9.17) is 0 Å². The van der Waals surface area contributed by atoms with Crippen molar-refractivity contribution < 1.29 is 4.79 Å². The monoisotopic (exact) mass is 370 g/mol. The lowest BCUT2D eigenvalue weighted by molar-refractivity contribution is 0.102. The van der Waals surface area contributed by atoms with E-state index in [1.54, 1.807) is 18.5 Å². The van der Waals surface area contributed by atoms with Crippen LogP contribution in [0.2, 0.25) is 0 Å². The molecule has 28 heavy (non-hydrogen) atoms. The Labute approximate surface area is 161 Å². The van der Waals surface area contributed by atoms with Crippen LogP contribution in [0, 0.1) is 6.92 Å². The first-order valence-corrected chi connectivity index (χ1v) is 9.21. The van der Waals surface area contributed by atoms with Crippen molar-refractivity contribution in [1.29, 1.82) is 0 Å². The summed E-state index contributed by atoms with van der Waals surface area (Å²) in [6, 6.07) is 11.7. The van der Waals surface area contributed by atoms with E-state index in [1.165, 1.54) is 0 Å². The molecule has 138 valence electrons. The van der Waals surface area contributed by atoms with E-state index < -0.39 is 0 Å². The van der Waals surface area contributed by atoms with Gasteiger partial charge in [-0.25, -0.2) is 19.9 Å². The van der Waals surface area contributed by atoms with Gasteiger partial charge in [-0.15, -0.1) is 0 Å². The average Bonchev–Trinajstić information content (AvgIpc) is 3.47. The Bertz CT molecular complexity index is 1190. The SMILES string of the molecule is Cc1nccc(-c2cccc(NC(=O)c3cnc4c(c3)ncn4C3CC3)c2)n1. The molecule has 0 spiro atoms. The van der Waals surface area contributed by atoms with Gasteiger partial charge >= 0.3 is 0 Å². The third-order valence-corrected chi connectivity index (χ3v) is 4.81. The number of benzene rings is 1. The zero-order valence-electron chi connectivity index (χ0n) is 15.3. The molecule has 0 radical (unpaired) electrons. The van der Waals surface area contributed by atoms with E-state index in [0.29, 0.717) is 23.1 Å². The zero-order valence-corrected chi connectivity index (χ0v) is 15.3. The fourth-order valence-electron chi connectivity index (χ4n) is 3.24. The van der Waals surface area contributed by atoms with E-state index in [1.807, 2.05) is 43.6 Å². The van der Waals surface area contributed by atoms with E-state index in [-0.39, 0.29) is 5.91 Å². The molecule has 1 aromatic carbocycles. The Morgan fingerprint density at radius 1 is 1.14 bits per heavy atom. The summed E-state index contributed by atoms with van der Waals surface area (Å²) in [6.45, 7) is 1.85. The van der Waals surface area contributed by atoms with Gasteiger partial charge in [0, 0.05) is 29.7 Å². The highest BCUT2D eigenvalue weighted by molar-refractivity contribution is 6.05. The van der Waals surface area contributed by atoms with E-state index >= 15 is 0 Å². The van der Waals surface area contributed by atoms with Gasteiger partial charge in [-0.3, -0.25) is 4.79 Å². The summed E-state index contributed by atoms with van der Waals surface area (Å²) in [5.41, 5.74) is 4.49. The Morgan fingerprint density at radius 3 is 2.86 bits per heavy atom. The lowest BCUT2D eigenvalue weighted by Gasteiger charge is -2.08. The normalized spacial score (nSPS) is 13.6. The van der Waals surface area contributed by atoms with Gasteiger partial charge < -0.3 is 9.88 Å². The summed E-state index contributed by atoms with van der Waals surface area (Å²) in [5.74, 6) is 0.489. The third kappa shape index (κ3) is 3.11. The number of carbonyl (C=O) groups excluding carboxylic acids is 1. The van der Waals surface area contributed by atoms with Crippen LogP contribution in [-0.2, 0) is 0 Å². The molecule has 7 nitrogen and oxygen atoms in total. The predicted octanol–water partition coefficient (Wildman–Crippen LogP) is 3.78. The number of imidazole rings is 1. The number of hydrogen-bond acceptors (Lipinski definition) is 5. The van der Waals surface area contributed by atoms with Crippen molar-refractivity contribution in [3.63, 3.8) is 0 Å². The van der Waals surface area contributed by atoms with E-state index in [9.17, 15) is 4.79 Å². The van der Waals surface area contributed by atoms with Crippen molar-refractivity contribution in [2.45, 2.75) is 25.8 Å². The number of nitrogens with zero attached hydrogens (tertiary/aromatic N) is 5. The molecular weight excluding hydrogens is 352 g/mol. The molecule has 1 fully saturated rings. The highest BCUT2D eigenvalue weighted by Crippen LogP contribution is 2.36. The highest BCUT2D eigenvalue weighted by Gasteiger charge is 2.25. The van der Waals surface area contributed by atoms with Crippen LogP contribution in [0.25, 0.3) is 22.4 Å². The molecule has 1 aliphatic carbocycles. The molecule has 1 aliphatic rings. The second-order valence-corrected chi connectivity index (χ2v) is 6.97. The number of nitrogens with one attached hydrogen (secondary N) is 1. The number of aryl methyl sites for hydroxylation is 1. The van der Waals surface area contributed by atoms with Gasteiger partial charge in [-0.05, 0) is 44.0 Å². The summed E-state index contributed by atoms with van der Waals surface area (Å²) in [5, 5.41) is 2.93. The number of hydrogen-bond donors (Lipinski definition) is 1. The standard InChI is InChI=1S/C21H18N6O/c1-13-22-8-7-18(25-13)14-3-2-4-16(9-14)26-21(28)15-10-19-20(23-11-15)27(12-24-19)17-5-6-17/h2-4,7-12,17H,5-6H2,1H3,(H,26,28). The van der Waals surface area contributed by atoms with Crippen LogP contribution in [0.15, 0.2) is 55.1 Å². The van der Waals surface area contributed by atoms with Crippen LogP contribution < -0.4 is 5.32 Å². The Morgan fingerprint density at radius 2 is 2.04 bits per heavy atom. The maximum atomic E-state index is 12.7. The van der Waals surface area contributed by atoms with Crippen molar-refractivity contribution in [3.8, 4) is 11.3 Å². The Hall–Kier alpha value is -3.61. The van der Waals surface area contributed by atoms with Gasteiger partial charge in [0.25, 0.3) is 5.91 Å². The minimum absolute atomic E-state index is 0.216. The van der Waals surface area contributed by atoms with Crippen molar-refractivity contribution >= 4 is 22.8 Å². The first-order chi connectivity index (χ1) is 13.7. The maximum Gasteiger partial charge on any atom is 0.257 e. The molecule has 3 heterocycles. The Kier molecular flexibility index (Phi) is 3.86. The molecule has 0 atom stereocenters. The zero-order chi connectivity index (χ0) is 19.1. The molecule has 0 bridgehead atoms. The fourth-order valence-corrected chi connectivity index (χ4v) is 3.24. The van der Waals surface area contributed by atoms with Gasteiger partial charge in [-0.2, -0.15) is 0 Å². The van der Waals surface area contributed by atoms with Crippen molar-refractivity contribution in [1.82, 2.24) is 24.5 Å². The molecule has 3 aromatic heterocycles. The Balaban J connectivity index is 1.39. The number of rotatable bonds is 4. The summed E-state index contributed by atoms with van der Waals surface area (Å²) < 4.78 is 2.09. The summed E-state index contributed by atoms with van der Waals surface area (Å²) in [4.78, 5) is 30.1. The van der Waals surface area contributed by atoms with Gasteiger partial charge in [0.1, 0.15) is 11.3 Å². The van der Waals surface area contributed by atoms with Gasteiger partial charge in [0.2, 0.25) is 0 Å². The van der Waals surface area contributed by atoms with Crippen LogP contribution in [-0.4, -0.2) is 30.4 Å². The molecule has 7 heteroatoms. The molecule has 0 aliphatic heterocycles. The highest BCUT2D eigenvalue weighted by atomic mass is 16.1. The van der Waals surface area contributed by atoms with Crippen LogP contribution in [0.3, 0.4) is 0 Å². The first kappa shape index (κ1) is 16.6. The number of pyridine rings is 1. The minimum atomic E-state index is -0.216. The van der Waals surface area contributed by atoms with Crippen LogP contribution in [0.5, 0.6) is 0 Å².